The van der Waals surface area contributed by atoms with Gasteiger partial charge >= 0.3 is 0 Å². The lowest BCUT2D eigenvalue weighted by Gasteiger charge is -2.36. The molecule has 0 amide bonds. The zero-order chi connectivity index (χ0) is 14.8. The fourth-order valence-electron chi connectivity index (χ4n) is 2.32. The number of hydrogen-bond donors (Lipinski definition) is 1. The fraction of sp³-hybridized carbons (Fsp3) is 0.692. The SMILES string of the molecule is CCC1COC(C)CN1S(=O)(=O)c1ccc(CCN)s1. The lowest BCUT2D eigenvalue weighted by atomic mass is 10.2. The zero-order valence-electron chi connectivity index (χ0n) is 11.9. The maximum absolute atomic E-state index is 12.8. The largest absolute Gasteiger partial charge is 0.375 e. The van der Waals surface area contributed by atoms with E-state index in [1.807, 2.05) is 19.9 Å². The zero-order valence-corrected chi connectivity index (χ0v) is 13.5. The van der Waals surface area contributed by atoms with Crippen LogP contribution in [0.4, 0.5) is 0 Å². The highest BCUT2D eigenvalue weighted by atomic mass is 32.2. The van der Waals surface area contributed by atoms with Crippen LogP contribution in [0.1, 0.15) is 25.1 Å². The minimum Gasteiger partial charge on any atom is -0.375 e. The van der Waals surface area contributed by atoms with Crippen molar-refractivity contribution >= 4 is 21.4 Å². The molecular formula is C13H22N2O3S2. The third-order valence-corrected chi connectivity index (χ3v) is 7.01. The van der Waals surface area contributed by atoms with Gasteiger partial charge in [-0.15, -0.1) is 11.3 Å². The van der Waals surface area contributed by atoms with Crippen LogP contribution in [0.3, 0.4) is 0 Å². The summed E-state index contributed by atoms with van der Waals surface area (Å²) >= 11 is 1.32. The Morgan fingerprint density at radius 2 is 2.25 bits per heavy atom. The first-order chi connectivity index (χ1) is 9.48. The molecule has 2 heterocycles. The maximum atomic E-state index is 12.8. The molecule has 0 spiro atoms. The molecule has 7 heteroatoms. The third kappa shape index (κ3) is 3.23. The average Bonchev–Trinajstić information content (AvgIpc) is 2.88. The highest BCUT2D eigenvalue weighted by Crippen LogP contribution is 2.29. The van der Waals surface area contributed by atoms with Crippen molar-refractivity contribution in [1.29, 1.82) is 0 Å². The van der Waals surface area contributed by atoms with Crippen molar-refractivity contribution in [2.24, 2.45) is 5.73 Å². The summed E-state index contributed by atoms with van der Waals surface area (Å²) in [7, 11) is -3.42. The van der Waals surface area contributed by atoms with Gasteiger partial charge in [-0.05, 0) is 38.4 Å². The van der Waals surface area contributed by atoms with E-state index in [1.54, 1.807) is 10.4 Å². The molecule has 2 unspecified atom stereocenters. The summed E-state index contributed by atoms with van der Waals surface area (Å²) < 4.78 is 33.1. The number of nitrogens with zero attached hydrogens (tertiary/aromatic N) is 1. The molecule has 114 valence electrons. The molecule has 2 N–H and O–H groups in total. The van der Waals surface area contributed by atoms with Gasteiger partial charge < -0.3 is 10.5 Å². The van der Waals surface area contributed by atoms with Gasteiger partial charge in [-0.1, -0.05) is 6.92 Å². The number of ether oxygens (including phenoxy) is 1. The Labute approximate surface area is 124 Å². The monoisotopic (exact) mass is 318 g/mol. The van der Waals surface area contributed by atoms with E-state index in [1.165, 1.54) is 11.3 Å². The Hall–Kier alpha value is -0.470. The van der Waals surface area contributed by atoms with Crippen LogP contribution in [0.5, 0.6) is 0 Å². The van der Waals surface area contributed by atoms with Gasteiger partial charge in [0.2, 0.25) is 0 Å². The summed E-state index contributed by atoms with van der Waals surface area (Å²) in [6, 6.07) is 3.48. The molecule has 0 radical (unpaired) electrons. The predicted octanol–water partition coefficient (Wildman–Crippen LogP) is 1.44. The molecule has 5 nitrogen and oxygen atoms in total. The number of hydrogen-bond acceptors (Lipinski definition) is 5. The molecule has 1 fully saturated rings. The Morgan fingerprint density at radius 3 is 2.90 bits per heavy atom. The molecule has 0 aliphatic carbocycles. The first kappa shape index (κ1) is 15.9. The van der Waals surface area contributed by atoms with Gasteiger partial charge in [0.1, 0.15) is 4.21 Å². The van der Waals surface area contributed by atoms with Crippen LogP contribution >= 0.6 is 11.3 Å². The van der Waals surface area contributed by atoms with Gasteiger partial charge in [0.25, 0.3) is 10.0 Å². The number of rotatable bonds is 5. The quantitative estimate of drug-likeness (QED) is 0.891. The van der Waals surface area contributed by atoms with Crippen LogP contribution in [-0.2, 0) is 21.2 Å². The summed E-state index contributed by atoms with van der Waals surface area (Å²) in [5.74, 6) is 0. The highest BCUT2D eigenvalue weighted by molar-refractivity contribution is 7.91. The summed E-state index contributed by atoms with van der Waals surface area (Å²) in [5, 5.41) is 0. The van der Waals surface area contributed by atoms with E-state index in [9.17, 15) is 8.42 Å². The second-order valence-corrected chi connectivity index (χ2v) is 8.33. The Kier molecular flexibility index (Phi) is 5.19. The smallest absolute Gasteiger partial charge is 0.252 e. The molecule has 0 bridgehead atoms. The van der Waals surface area contributed by atoms with Gasteiger partial charge in [-0.25, -0.2) is 8.42 Å². The third-order valence-electron chi connectivity index (χ3n) is 3.48. The second-order valence-electron chi connectivity index (χ2n) is 5.04. The molecule has 1 aliphatic heterocycles. The number of nitrogens with two attached hydrogens (primary N) is 1. The molecule has 1 aliphatic rings. The van der Waals surface area contributed by atoms with Crippen LogP contribution in [-0.4, -0.2) is 44.6 Å². The van der Waals surface area contributed by atoms with Crippen LogP contribution in [0.2, 0.25) is 0 Å². The molecule has 1 aromatic rings. The van der Waals surface area contributed by atoms with Gasteiger partial charge in [-0.2, -0.15) is 4.31 Å². The first-order valence-corrected chi connectivity index (χ1v) is 9.17. The number of morpholine rings is 1. The maximum Gasteiger partial charge on any atom is 0.252 e. The van der Waals surface area contributed by atoms with E-state index in [-0.39, 0.29) is 12.1 Å². The summed E-state index contributed by atoms with van der Waals surface area (Å²) in [5.41, 5.74) is 5.51. The predicted molar refractivity (Wildman–Crippen MR) is 80.5 cm³/mol. The number of sulfonamides is 1. The molecule has 0 saturated carbocycles. The van der Waals surface area contributed by atoms with Crippen molar-refractivity contribution in [3.05, 3.63) is 17.0 Å². The fourth-order valence-corrected chi connectivity index (χ4v) is 5.58. The molecule has 20 heavy (non-hydrogen) atoms. The van der Waals surface area contributed by atoms with Gasteiger partial charge in [0.05, 0.1) is 12.7 Å². The standard InChI is InChI=1S/C13H22N2O3S2/c1-3-11-9-18-10(2)8-15(11)20(16,17)13-5-4-12(19-13)6-7-14/h4-5,10-11H,3,6-9,14H2,1-2H3. The van der Waals surface area contributed by atoms with E-state index in [4.69, 9.17) is 10.5 Å². The number of thiophene rings is 1. The van der Waals surface area contributed by atoms with E-state index >= 15 is 0 Å². The van der Waals surface area contributed by atoms with Crippen molar-refractivity contribution < 1.29 is 13.2 Å². The molecule has 1 saturated heterocycles. The van der Waals surface area contributed by atoms with Crippen LogP contribution < -0.4 is 5.73 Å². The summed E-state index contributed by atoms with van der Waals surface area (Å²) in [6.07, 6.45) is 1.42. The van der Waals surface area contributed by atoms with Crippen LogP contribution in [0, 0.1) is 0 Å². The topological polar surface area (TPSA) is 72.6 Å². The minimum absolute atomic E-state index is 0.0592. The van der Waals surface area contributed by atoms with Crippen molar-refractivity contribution in [2.75, 3.05) is 19.7 Å². The lowest BCUT2D eigenvalue weighted by molar-refractivity contribution is -0.0229. The average molecular weight is 318 g/mol. The van der Waals surface area contributed by atoms with Gasteiger partial charge in [0, 0.05) is 17.5 Å². The van der Waals surface area contributed by atoms with E-state index in [0.717, 1.165) is 17.7 Å². The molecule has 2 atom stereocenters. The molecular weight excluding hydrogens is 296 g/mol. The van der Waals surface area contributed by atoms with E-state index in [2.05, 4.69) is 0 Å². The van der Waals surface area contributed by atoms with E-state index in [0.29, 0.717) is 23.9 Å². The Bertz CT molecular complexity index is 542. The van der Waals surface area contributed by atoms with Gasteiger partial charge in [0.15, 0.2) is 0 Å². The van der Waals surface area contributed by atoms with Crippen LogP contribution in [0.25, 0.3) is 0 Å². The highest BCUT2D eigenvalue weighted by Gasteiger charge is 2.36. The van der Waals surface area contributed by atoms with E-state index < -0.39 is 10.0 Å². The molecule has 0 aromatic carbocycles. The van der Waals surface area contributed by atoms with Crippen molar-refractivity contribution in [2.45, 2.75) is 43.0 Å². The normalized spacial score (nSPS) is 24.9. The Morgan fingerprint density at radius 1 is 1.50 bits per heavy atom. The van der Waals surface area contributed by atoms with Gasteiger partial charge in [-0.3, -0.25) is 0 Å². The Balaban J connectivity index is 2.26. The lowest BCUT2D eigenvalue weighted by Crippen LogP contribution is -2.50. The summed E-state index contributed by atoms with van der Waals surface area (Å²) in [6.45, 7) is 5.32. The van der Waals surface area contributed by atoms with Crippen LogP contribution in [0.15, 0.2) is 16.3 Å². The minimum atomic E-state index is -3.42. The molecule has 2 rings (SSSR count). The first-order valence-electron chi connectivity index (χ1n) is 6.91. The van der Waals surface area contributed by atoms with Crippen molar-refractivity contribution in [1.82, 2.24) is 4.31 Å². The summed E-state index contributed by atoms with van der Waals surface area (Å²) in [4.78, 5) is 1.01. The van der Waals surface area contributed by atoms with Crippen molar-refractivity contribution in [3.63, 3.8) is 0 Å². The molecule has 1 aromatic heterocycles. The second kappa shape index (κ2) is 6.53. The van der Waals surface area contributed by atoms with Crippen molar-refractivity contribution in [3.8, 4) is 0 Å².